The lowest BCUT2D eigenvalue weighted by molar-refractivity contribution is 0.597. The molecule has 0 saturated heterocycles. The number of aromatic amines is 1. The molecule has 0 fully saturated rings. The third-order valence-electron chi connectivity index (χ3n) is 0.823. The van der Waals surface area contributed by atoms with Gasteiger partial charge in [0.15, 0.2) is 0 Å². The SMILES string of the molecule is C[SH+](=O)c1cnc[nH]1. The van der Waals surface area contributed by atoms with Crippen LogP contribution in [0.15, 0.2) is 17.6 Å². The van der Waals surface area contributed by atoms with E-state index in [1.807, 2.05) is 0 Å². The van der Waals surface area contributed by atoms with Crippen LogP contribution in [0.2, 0.25) is 0 Å². The average molecular weight is 131 g/mol. The fourth-order valence-corrected chi connectivity index (χ4v) is 0.890. The lowest BCUT2D eigenvalue weighted by atomic mass is 11.0. The molecule has 0 spiro atoms. The Balaban J connectivity index is 2.93. The van der Waals surface area contributed by atoms with Gasteiger partial charge in [-0.1, -0.05) is 0 Å². The zero-order valence-corrected chi connectivity index (χ0v) is 5.35. The van der Waals surface area contributed by atoms with E-state index in [4.69, 9.17) is 0 Å². The average Bonchev–Trinajstić information content (AvgIpc) is 2.12. The summed E-state index contributed by atoms with van der Waals surface area (Å²) >= 11 is 0. The van der Waals surface area contributed by atoms with Crippen LogP contribution in [-0.2, 0) is 15.0 Å². The van der Waals surface area contributed by atoms with Crippen LogP contribution >= 0.6 is 0 Å². The van der Waals surface area contributed by atoms with E-state index >= 15 is 0 Å². The Bertz CT molecular complexity index is 182. The third kappa shape index (κ3) is 0.949. The number of hydrogen-bond acceptors (Lipinski definition) is 2. The van der Waals surface area contributed by atoms with Gasteiger partial charge in [0, 0.05) is 0 Å². The van der Waals surface area contributed by atoms with Crippen LogP contribution in [-0.4, -0.2) is 16.2 Å². The largest absolute Gasteiger partial charge is 0.306 e. The third-order valence-corrected chi connectivity index (χ3v) is 1.75. The first-order valence-corrected chi connectivity index (χ1v) is 3.90. The quantitative estimate of drug-likeness (QED) is 0.434. The normalized spacial score (nSPS) is 13.6. The Morgan fingerprint density at radius 3 is 2.88 bits per heavy atom. The lowest BCUT2D eigenvalue weighted by Crippen LogP contribution is -1.82. The number of thiol groups is 1. The van der Waals surface area contributed by atoms with Crippen LogP contribution in [0.1, 0.15) is 0 Å². The molecule has 1 rings (SSSR count). The highest BCUT2D eigenvalue weighted by atomic mass is 32.2. The summed E-state index contributed by atoms with van der Waals surface area (Å²) < 4.78 is 10.6. The smallest absolute Gasteiger partial charge is 0.244 e. The zero-order chi connectivity index (χ0) is 5.98. The van der Waals surface area contributed by atoms with E-state index < -0.39 is 10.8 Å². The maximum absolute atomic E-state index is 10.6. The minimum atomic E-state index is -1.23. The minimum absolute atomic E-state index is 0.708. The molecule has 4 heteroatoms. The van der Waals surface area contributed by atoms with Crippen LogP contribution in [0.4, 0.5) is 0 Å². The van der Waals surface area contributed by atoms with Crippen molar-refractivity contribution in [2.45, 2.75) is 5.03 Å². The molecule has 0 aliphatic rings. The number of rotatable bonds is 1. The molecule has 0 bridgehead atoms. The molecular formula is C4H7N2OS+. The summed E-state index contributed by atoms with van der Waals surface area (Å²) in [4.78, 5) is 6.45. The first kappa shape index (κ1) is 5.50. The monoisotopic (exact) mass is 131 g/mol. The Morgan fingerprint density at radius 2 is 2.62 bits per heavy atom. The first-order chi connectivity index (χ1) is 3.80. The number of nitrogens with zero attached hydrogens (tertiary/aromatic N) is 1. The van der Waals surface area contributed by atoms with Crippen molar-refractivity contribution in [3.63, 3.8) is 0 Å². The molecule has 0 radical (unpaired) electrons. The second-order valence-electron chi connectivity index (χ2n) is 1.43. The van der Waals surface area contributed by atoms with E-state index in [-0.39, 0.29) is 0 Å². The van der Waals surface area contributed by atoms with Gasteiger partial charge in [-0.05, 0) is 0 Å². The summed E-state index contributed by atoms with van der Waals surface area (Å²) in [6, 6.07) is 0. The Hall–Kier alpha value is -0.640. The van der Waals surface area contributed by atoms with Gasteiger partial charge < -0.3 is 4.98 Å². The highest BCUT2D eigenvalue weighted by molar-refractivity contribution is 7.84. The molecule has 1 atom stereocenters. The Kier molecular flexibility index (Phi) is 1.43. The van der Waals surface area contributed by atoms with Crippen LogP contribution in [0.3, 0.4) is 0 Å². The number of H-pyrrole nitrogens is 1. The minimum Gasteiger partial charge on any atom is -0.306 e. The Morgan fingerprint density at radius 1 is 1.88 bits per heavy atom. The maximum atomic E-state index is 10.6. The molecule has 0 aromatic carbocycles. The van der Waals surface area contributed by atoms with Crippen molar-refractivity contribution in [1.29, 1.82) is 0 Å². The summed E-state index contributed by atoms with van der Waals surface area (Å²) in [6.07, 6.45) is 4.73. The van der Waals surface area contributed by atoms with Crippen molar-refractivity contribution in [3.8, 4) is 0 Å². The van der Waals surface area contributed by atoms with Crippen molar-refractivity contribution in [3.05, 3.63) is 12.5 Å². The zero-order valence-electron chi connectivity index (χ0n) is 4.46. The van der Waals surface area contributed by atoms with Gasteiger partial charge in [-0.2, -0.15) is 0 Å². The summed E-state index contributed by atoms with van der Waals surface area (Å²) in [5.74, 6) is 0. The molecule has 3 nitrogen and oxygen atoms in total. The second-order valence-corrected chi connectivity index (χ2v) is 2.91. The molecule has 1 aromatic heterocycles. The molecule has 1 unspecified atom stereocenters. The molecule has 8 heavy (non-hydrogen) atoms. The predicted molar refractivity (Wildman–Crippen MR) is 32.2 cm³/mol. The van der Waals surface area contributed by atoms with Crippen molar-refractivity contribution < 1.29 is 4.21 Å². The topological polar surface area (TPSA) is 45.8 Å². The molecular weight excluding hydrogens is 124 g/mol. The summed E-state index contributed by atoms with van der Waals surface area (Å²) in [5.41, 5.74) is 0. The number of imidazole rings is 1. The van der Waals surface area contributed by atoms with Crippen molar-refractivity contribution in [1.82, 2.24) is 9.97 Å². The van der Waals surface area contributed by atoms with Gasteiger partial charge in [0.25, 0.3) is 0 Å². The van der Waals surface area contributed by atoms with E-state index in [1.165, 1.54) is 6.33 Å². The molecule has 44 valence electrons. The number of nitrogens with one attached hydrogen (secondary N) is 1. The number of hydrogen-bond donors (Lipinski definition) is 1. The van der Waals surface area contributed by atoms with Gasteiger partial charge in [0.2, 0.25) is 5.03 Å². The van der Waals surface area contributed by atoms with Crippen LogP contribution < -0.4 is 0 Å². The van der Waals surface area contributed by atoms with Gasteiger partial charge >= 0.3 is 0 Å². The summed E-state index contributed by atoms with van der Waals surface area (Å²) in [7, 11) is -1.23. The van der Waals surface area contributed by atoms with Gasteiger partial charge in [-0.25, -0.2) is 4.98 Å². The van der Waals surface area contributed by atoms with Crippen LogP contribution in [0.25, 0.3) is 0 Å². The van der Waals surface area contributed by atoms with Crippen molar-refractivity contribution in [2.75, 3.05) is 6.26 Å². The van der Waals surface area contributed by atoms with E-state index in [9.17, 15) is 4.21 Å². The lowest BCUT2D eigenvalue weighted by Gasteiger charge is -1.74. The van der Waals surface area contributed by atoms with Gasteiger partial charge in [-0.3, -0.25) is 0 Å². The van der Waals surface area contributed by atoms with Gasteiger partial charge in [0.1, 0.15) is 23.3 Å². The fraction of sp³-hybridized carbons (Fsp3) is 0.250. The van der Waals surface area contributed by atoms with Crippen LogP contribution in [0, 0.1) is 0 Å². The van der Waals surface area contributed by atoms with E-state index in [2.05, 4.69) is 9.97 Å². The molecule has 0 aliphatic heterocycles. The summed E-state index contributed by atoms with van der Waals surface area (Å²) in [6.45, 7) is 0. The highest BCUT2D eigenvalue weighted by Gasteiger charge is 2.00. The highest BCUT2D eigenvalue weighted by Crippen LogP contribution is 1.94. The van der Waals surface area contributed by atoms with E-state index in [1.54, 1.807) is 12.5 Å². The standard InChI is InChI=1S/C4H6N2OS/c1-8(7)4-2-5-3-6-4/h2-3H,1H3,(H,5,6)/p+1. The van der Waals surface area contributed by atoms with E-state index in [0.29, 0.717) is 5.03 Å². The fourth-order valence-electron chi connectivity index (χ4n) is 0.421. The molecule has 0 aliphatic carbocycles. The van der Waals surface area contributed by atoms with Gasteiger partial charge in [-0.15, -0.1) is 4.21 Å². The molecule has 1 aromatic rings. The maximum Gasteiger partial charge on any atom is 0.244 e. The summed E-state index contributed by atoms with van der Waals surface area (Å²) in [5, 5.41) is 0.708. The molecule has 1 N–H and O–H groups in total. The molecule has 0 amide bonds. The molecule has 0 saturated carbocycles. The predicted octanol–water partition coefficient (Wildman–Crippen LogP) is 0.0945. The van der Waals surface area contributed by atoms with Crippen molar-refractivity contribution >= 4 is 10.8 Å². The first-order valence-electron chi connectivity index (χ1n) is 2.20. The Labute approximate surface area is 49.6 Å². The van der Waals surface area contributed by atoms with Crippen molar-refractivity contribution in [2.24, 2.45) is 0 Å². The van der Waals surface area contributed by atoms with Gasteiger partial charge in [0.05, 0.1) is 6.33 Å². The second kappa shape index (κ2) is 2.09. The molecule has 1 heterocycles. The van der Waals surface area contributed by atoms with Crippen LogP contribution in [0.5, 0.6) is 0 Å². The van der Waals surface area contributed by atoms with E-state index in [0.717, 1.165) is 0 Å². The number of aromatic nitrogens is 2.